The van der Waals surface area contributed by atoms with Gasteiger partial charge in [0.1, 0.15) is 5.75 Å². The summed E-state index contributed by atoms with van der Waals surface area (Å²) in [6, 6.07) is 13.7. The Labute approximate surface area is 234 Å². The Morgan fingerprint density at radius 2 is 1.55 bits per heavy atom. The maximum Gasteiger partial charge on any atom is 0.323 e. The Bertz CT molecular complexity index is 1040. The molecule has 3 rings (SSSR count). The highest BCUT2D eigenvalue weighted by Gasteiger charge is 2.20. The number of allylic oxidation sites excluding steroid dienone is 1. The van der Waals surface area contributed by atoms with Crippen LogP contribution in [0.4, 0.5) is 16.2 Å². The monoisotopic (exact) mass is 537 g/mol. The summed E-state index contributed by atoms with van der Waals surface area (Å²) in [5, 5.41) is 5.94. The number of amides is 2. The molecule has 1 heterocycles. The zero-order chi connectivity index (χ0) is 27.4. The second-order valence-corrected chi connectivity index (χ2v) is 12.5. The van der Waals surface area contributed by atoms with Crippen LogP contribution in [-0.2, 0) is 12.0 Å². The fraction of sp³-hybridized carbons (Fsp3) is 0.531. The highest BCUT2D eigenvalue weighted by Crippen LogP contribution is 2.34. The first-order valence-electron chi connectivity index (χ1n) is 14.2. The van der Waals surface area contributed by atoms with Gasteiger partial charge in [-0.15, -0.1) is 11.8 Å². The smallest absolute Gasteiger partial charge is 0.323 e. The minimum atomic E-state index is -0.250. The van der Waals surface area contributed by atoms with Crippen molar-refractivity contribution in [3.63, 3.8) is 0 Å². The fourth-order valence-corrected chi connectivity index (χ4v) is 5.33. The third-order valence-corrected chi connectivity index (χ3v) is 7.74. The molecule has 0 saturated carbocycles. The van der Waals surface area contributed by atoms with Crippen molar-refractivity contribution in [1.82, 2.24) is 4.90 Å². The third-order valence-electron chi connectivity index (χ3n) is 6.72. The van der Waals surface area contributed by atoms with Gasteiger partial charge in [0, 0.05) is 29.7 Å². The van der Waals surface area contributed by atoms with Crippen molar-refractivity contribution < 1.29 is 9.53 Å². The van der Waals surface area contributed by atoms with E-state index in [4.69, 9.17) is 4.74 Å². The van der Waals surface area contributed by atoms with Crippen LogP contribution in [-0.4, -0.2) is 23.4 Å². The molecule has 6 heteroatoms. The number of ether oxygens (including phenoxy) is 1. The summed E-state index contributed by atoms with van der Waals surface area (Å²) in [6.45, 7) is 12.5. The highest BCUT2D eigenvalue weighted by molar-refractivity contribution is 8.03. The lowest BCUT2D eigenvalue weighted by Crippen LogP contribution is -2.20. The molecular formula is C32H47N3O2S. The van der Waals surface area contributed by atoms with Crippen molar-refractivity contribution in [3.05, 3.63) is 64.7 Å². The van der Waals surface area contributed by atoms with Gasteiger partial charge in [-0.2, -0.15) is 0 Å². The van der Waals surface area contributed by atoms with Gasteiger partial charge >= 0.3 is 6.03 Å². The molecule has 2 aromatic rings. The van der Waals surface area contributed by atoms with E-state index in [1.165, 1.54) is 55.4 Å². The molecule has 0 aromatic heterocycles. The molecule has 38 heavy (non-hydrogen) atoms. The molecule has 2 N–H and O–H groups in total. The first-order chi connectivity index (χ1) is 18.2. The Hall–Kier alpha value is -2.60. The molecule has 1 aliphatic rings. The second-order valence-electron chi connectivity index (χ2n) is 11.3. The van der Waals surface area contributed by atoms with E-state index in [-0.39, 0.29) is 11.4 Å². The molecule has 0 unspecified atom stereocenters. The van der Waals surface area contributed by atoms with Crippen molar-refractivity contribution in [2.24, 2.45) is 0 Å². The van der Waals surface area contributed by atoms with Crippen LogP contribution < -0.4 is 15.4 Å². The lowest BCUT2D eigenvalue weighted by molar-refractivity contribution is 0.262. The molecule has 0 saturated heterocycles. The fourth-order valence-electron chi connectivity index (χ4n) is 4.57. The molecule has 0 fully saturated rings. The van der Waals surface area contributed by atoms with Gasteiger partial charge in [0.25, 0.3) is 0 Å². The van der Waals surface area contributed by atoms with Gasteiger partial charge in [0.15, 0.2) is 0 Å². The quantitative estimate of drug-likeness (QED) is 0.236. The number of thioether (sulfide) groups is 1. The van der Waals surface area contributed by atoms with Gasteiger partial charge in [0.05, 0.1) is 12.5 Å². The molecule has 0 atom stereocenters. The van der Waals surface area contributed by atoms with Crippen molar-refractivity contribution in [2.75, 3.05) is 23.1 Å². The summed E-state index contributed by atoms with van der Waals surface area (Å²) in [7, 11) is 0. The van der Waals surface area contributed by atoms with Crippen LogP contribution in [0.25, 0.3) is 0 Å². The number of hydrogen-bond acceptors (Lipinski definition) is 4. The lowest BCUT2D eigenvalue weighted by atomic mass is 9.86. The Morgan fingerprint density at radius 1 is 0.921 bits per heavy atom. The first-order valence-corrected chi connectivity index (χ1v) is 15.2. The molecule has 0 aliphatic carbocycles. The Balaban J connectivity index is 1.48. The summed E-state index contributed by atoms with van der Waals surface area (Å²) in [5.74, 6) is 1.90. The average Bonchev–Trinajstić information content (AvgIpc) is 3.28. The number of unbranched alkanes of at least 4 members (excludes halogenated alkanes) is 7. The Kier molecular flexibility index (Phi) is 11.9. The zero-order valence-corrected chi connectivity index (χ0v) is 24.9. The first kappa shape index (κ1) is 29.9. The van der Waals surface area contributed by atoms with Gasteiger partial charge in [-0.05, 0) is 59.6 Å². The summed E-state index contributed by atoms with van der Waals surface area (Å²) in [4.78, 5) is 16.4. The molecule has 1 aliphatic heterocycles. The number of anilines is 2. The van der Waals surface area contributed by atoms with Crippen LogP contribution in [0.3, 0.4) is 0 Å². The standard InChI is InChI=1S/C32H47N3O2S/c1-6-7-8-9-10-11-12-13-20-37-30-19-18-28(21-29(30)32(3,4)5)34-31(36)33-27-16-14-26(15-17-27)23-35-22-25(2)38-24-35/h14-19,21-22H,6-13,20,23-24H2,1-5H3,(H2,33,34,36). The largest absolute Gasteiger partial charge is 0.493 e. The highest BCUT2D eigenvalue weighted by atomic mass is 32.2. The van der Waals surface area contributed by atoms with Crippen LogP contribution in [0.15, 0.2) is 53.6 Å². The molecule has 0 bridgehead atoms. The number of carbonyl (C=O) groups excluding carboxylic acids is 1. The van der Waals surface area contributed by atoms with Gasteiger partial charge in [-0.1, -0.05) is 84.8 Å². The number of benzene rings is 2. The number of nitrogens with zero attached hydrogens (tertiary/aromatic N) is 1. The molecule has 208 valence electrons. The van der Waals surface area contributed by atoms with E-state index in [0.717, 1.165) is 48.1 Å². The summed E-state index contributed by atoms with van der Waals surface area (Å²) < 4.78 is 6.19. The van der Waals surface area contributed by atoms with Crippen molar-refractivity contribution in [3.8, 4) is 5.75 Å². The zero-order valence-electron chi connectivity index (χ0n) is 24.1. The van der Waals surface area contributed by atoms with Crippen molar-refractivity contribution >= 4 is 29.2 Å². The van der Waals surface area contributed by atoms with Gasteiger partial charge in [0.2, 0.25) is 0 Å². The predicted octanol–water partition coefficient (Wildman–Crippen LogP) is 9.52. The van der Waals surface area contributed by atoms with Crippen LogP contribution >= 0.6 is 11.8 Å². The molecule has 2 aromatic carbocycles. The van der Waals surface area contributed by atoms with E-state index in [9.17, 15) is 4.79 Å². The number of carbonyl (C=O) groups is 1. The number of urea groups is 1. The van der Waals surface area contributed by atoms with Crippen LogP contribution in [0.5, 0.6) is 5.75 Å². The molecule has 5 nitrogen and oxygen atoms in total. The average molecular weight is 538 g/mol. The predicted molar refractivity (Wildman–Crippen MR) is 164 cm³/mol. The van der Waals surface area contributed by atoms with Crippen molar-refractivity contribution in [2.45, 2.75) is 97.9 Å². The summed E-state index contributed by atoms with van der Waals surface area (Å²) in [5.41, 5.74) is 3.76. The van der Waals surface area contributed by atoms with E-state index in [0.29, 0.717) is 0 Å². The molecule has 0 spiro atoms. The van der Waals surface area contributed by atoms with Crippen LogP contribution in [0, 0.1) is 0 Å². The minimum Gasteiger partial charge on any atom is -0.493 e. The van der Waals surface area contributed by atoms with Crippen molar-refractivity contribution in [1.29, 1.82) is 0 Å². The molecular weight excluding hydrogens is 490 g/mol. The SMILES string of the molecule is CCCCCCCCCCOc1ccc(NC(=O)Nc2ccc(CN3C=C(C)SC3)cc2)cc1C(C)(C)C. The van der Waals surface area contributed by atoms with Gasteiger partial charge in [-0.3, -0.25) is 0 Å². The second kappa shape index (κ2) is 15.1. The maximum atomic E-state index is 12.7. The summed E-state index contributed by atoms with van der Waals surface area (Å²) >= 11 is 1.86. The number of rotatable bonds is 14. The normalized spacial score (nSPS) is 13.4. The van der Waals surface area contributed by atoms with Gasteiger partial charge in [-0.25, -0.2) is 4.79 Å². The summed E-state index contributed by atoms with van der Waals surface area (Å²) in [6.07, 6.45) is 12.5. The van der Waals surface area contributed by atoms with E-state index < -0.39 is 0 Å². The Morgan fingerprint density at radius 3 is 2.18 bits per heavy atom. The minimum absolute atomic E-state index is 0.0970. The third kappa shape index (κ3) is 10.3. The molecule has 0 radical (unpaired) electrons. The lowest BCUT2D eigenvalue weighted by Gasteiger charge is -2.24. The van der Waals surface area contributed by atoms with E-state index >= 15 is 0 Å². The maximum absolute atomic E-state index is 12.7. The molecule has 2 amide bonds. The number of hydrogen-bond donors (Lipinski definition) is 2. The van der Waals surface area contributed by atoms with Crippen LogP contribution in [0.2, 0.25) is 0 Å². The van der Waals surface area contributed by atoms with Crippen LogP contribution in [0.1, 0.15) is 97.1 Å². The van der Waals surface area contributed by atoms with Gasteiger partial charge < -0.3 is 20.3 Å². The van der Waals surface area contributed by atoms with E-state index in [1.807, 2.05) is 42.1 Å². The van der Waals surface area contributed by atoms with E-state index in [2.05, 4.69) is 68.5 Å². The topological polar surface area (TPSA) is 53.6 Å². The number of nitrogens with one attached hydrogen (secondary N) is 2. The van der Waals surface area contributed by atoms with E-state index in [1.54, 1.807) is 0 Å².